The molecule has 0 spiro atoms. The minimum Gasteiger partial charge on any atom is -0.379 e. The molecule has 5 nitrogen and oxygen atoms in total. The van der Waals surface area contributed by atoms with Crippen LogP contribution in [-0.2, 0) is 4.74 Å². The molecule has 1 aliphatic heterocycles. The van der Waals surface area contributed by atoms with Crippen LogP contribution in [0.2, 0.25) is 0 Å². The van der Waals surface area contributed by atoms with Gasteiger partial charge >= 0.3 is 6.03 Å². The normalized spacial score (nSPS) is 25.9. The minimum atomic E-state index is 0.000171. The Morgan fingerprint density at radius 1 is 1.21 bits per heavy atom. The van der Waals surface area contributed by atoms with E-state index >= 15 is 0 Å². The van der Waals surface area contributed by atoms with Gasteiger partial charge in [-0.25, -0.2) is 4.79 Å². The predicted octanol–water partition coefficient (Wildman–Crippen LogP) is 0.808. The van der Waals surface area contributed by atoms with Gasteiger partial charge in [0, 0.05) is 32.7 Å². The Kier molecular flexibility index (Phi) is 3.93. The lowest BCUT2D eigenvalue weighted by atomic mass is 10.0. The number of amides is 2. The predicted molar refractivity (Wildman–Crippen MR) is 73.1 cm³/mol. The molecule has 3 fully saturated rings. The minimum absolute atomic E-state index is 0.000171. The Labute approximate surface area is 115 Å². The Morgan fingerprint density at radius 3 is 2.58 bits per heavy atom. The molecule has 1 saturated heterocycles. The number of morpholine rings is 1. The van der Waals surface area contributed by atoms with E-state index in [2.05, 4.69) is 15.5 Å². The molecule has 3 rings (SSSR count). The summed E-state index contributed by atoms with van der Waals surface area (Å²) < 4.78 is 5.30. The van der Waals surface area contributed by atoms with E-state index in [0.29, 0.717) is 5.41 Å². The van der Waals surface area contributed by atoms with Crippen molar-refractivity contribution in [3.63, 3.8) is 0 Å². The van der Waals surface area contributed by atoms with Gasteiger partial charge in [0.2, 0.25) is 0 Å². The average Bonchev–Trinajstić information content (AvgIpc) is 3.29. The lowest BCUT2D eigenvalue weighted by Crippen LogP contribution is -2.44. The number of carbonyl (C=O) groups is 1. The summed E-state index contributed by atoms with van der Waals surface area (Å²) in [5.41, 5.74) is 0.488. The molecule has 19 heavy (non-hydrogen) atoms. The van der Waals surface area contributed by atoms with E-state index in [-0.39, 0.29) is 6.03 Å². The highest BCUT2D eigenvalue weighted by atomic mass is 16.5. The maximum absolute atomic E-state index is 11.7. The molecule has 0 unspecified atom stereocenters. The van der Waals surface area contributed by atoms with E-state index in [0.717, 1.165) is 51.9 Å². The maximum Gasteiger partial charge on any atom is 0.314 e. The first-order valence-corrected chi connectivity index (χ1v) is 7.60. The molecular weight excluding hydrogens is 242 g/mol. The van der Waals surface area contributed by atoms with E-state index < -0.39 is 0 Å². The van der Waals surface area contributed by atoms with E-state index in [1.165, 1.54) is 25.7 Å². The van der Waals surface area contributed by atoms with Gasteiger partial charge in [-0.3, -0.25) is 4.90 Å². The van der Waals surface area contributed by atoms with Gasteiger partial charge < -0.3 is 15.4 Å². The molecule has 2 amide bonds. The van der Waals surface area contributed by atoms with Gasteiger partial charge in [-0.1, -0.05) is 0 Å². The third-order valence-electron chi connectivity index (χ3n) is 4.75. The van der Waals surface area contributed by atoms with Crippen molar-refractivity contribution in [2.45, 2.75) is 25.7 Å². The van der Waals surface area contributed by atoms with Crippen LogP contribution < -0.4 is 10.6 Å². The first-order chi connectivity index (χ1) is 9.28. The largest absolute Gasteiger partial charge is 0.379 e. The van der Waals surface area contributed by atoms with Crippen molar-refractivity contribution in [3.05, 3.63) is 0 Å². The van der Waals surface area contributed by atoms with E-state index in [1.54, 1.807) is 0 Å². The monoisotopic (exact) mass is 267 g/mol. The van der Waals surface area contributed by atoms with Crippen molar-refractivity contribution in [1.82, 2.24) is 15.5 Å². The van der Waals surface area contributed by atoms with Gasteiger partial charge in [0.05, 0.1) is 13.2 Å². The summed E-state index contributed by atoms with van der Waals surface area (Å²) in [5.74, 6) is 0.904. The fourth-order valence-electron chi connectivity index (χ4n) is 3.06. The number of carbonyl (C=O) groups excluding carboxylic acids is 1. The van der Waals surface area contributed by atoms with Crippen LogP contribution in [-0.4, -0.2) is 56.9 Å². The van der Waals surface area contributed by atoms with Gasteiger partial charge in [-0.05, 0) is 37.0 Å². The van der Waals surface area contributed by atoms with Gasteiger partial charge in [0.15, 0.2) is 0 Å². The lowest BCUT2D eigenvalue weighted by Gasteiger charge is -2.26. The number of hydrogen-bond acceptors (Lipinski definition) is 3. The summed E-state index contributed by atoms with van der Waals surface area (Å²) in [6.07, 6.45) is 5.37. The van der Waals surface area contributed by atoms with E-state index in [4.69, 9.17) is 4.74 Å². The Morgan fingerprint density at radius 2 is 1.95 bits per heavy atom. The van der Waals surface area contributed by atoms with Crippen LogP contribution in [0.5, 0.6) is 0 Å². The third-order valence-corrected chi connectivity index (χ3v) is 4.75. The van der Waals surface area contributed by atoms with Crippen molar-refractivity contribution in [3.8, 4) is 0 Å². The molecule has 5 heteroatoms. The second kappa shape index (κ2) is 5.67. The number of urea groups is 1. The van der Waals surface area contributed by atoms with Crippen molar-refractivity contribution >= 4 is 6.03 Å². The summed E-state index contributed by atoms with van der Waals surface area (Å²) in [7, 11) is 0. The van der Waals surface area contributed by atoms with Crippen molar-refractivity contribution in [2.24, 2.45) is 11.3 Å². The molecule has 0 atom stereocenters. The van der Waals surface area contributed by atoms with Gasteiger partial charge in [-0.2, -0.15) is 0 Å². The standard InChI is InChI=1S/C14H25N3O2/c18-13(15-5-6-17-7-9-19-10-8-17)16-11-14(3-4-14)12-1-2-12/h12H,1-11H2,(H2,15,16,18). The van der Waals surface area contributed by atoms with Crippen LogP contribution in [0.15, 0.2) is 0 Å². The van der Waals surface area contributed by atoms with Crippen LogP contribution in [0.3, 0.4) is 0 Å². The summed E-state index contributed by atoms with van der Waals surface area (Å²) in [4.78, 5) is 14.1. The number of hydrogen-bond donors (Lipinski definition) is 2. The van der Waals surface area contributed by atoms with E-state index in [1.807, 2.05) is 0 Å². The van der Waals surface area contributed by atoms with Crippen molar-refractivity contribution in [2.75, 3.05) is 45.9 Å². The van der Waals surface area contributed by atoms with Crippen LogP contribution in [0.25, 0.3) is 0 Å². The molecule has 0 aromatic rings. The van der Waals surface area contributed by atoms with Crippen LogP contribution in [0.1, 0.15) is 25.7 Å². The third kappa shape index (κ3) is 3.60. The highest BCUT2D eigenvalue weighted by molar-refractivity contribution is 5.73. The molecule has 2 aliphatic carbocycles. The molecule has 2 saturated carbocycles. The quantitative estimate of drug-likeness (QED) is 0.749. The van der Waals surface area contributed by atoms with Crippen LogP contribution >= 0.6 is 0 Å². The van der Waals surface area contributed by atoms with Crippen molar-refractivity contribution < 1.29 is 9.53 Å². The van der Waals surface area contributed by atoms with Gasteiger partial charge in [-0.15, -0.1) is 0 Å². The van der Waals surface area contributed by atoms with Crippen LogP contribution in [0, 0.1) is 11.3 Å². The second-order valence-electron chi connectivity index (χ2n) is 6.20. The second-order valence-corrected chi connectivity index (χ2v) is 6.20. The van der Waals surface area contributed by atoms with Gasteiger partial charge in [0.1, 0.15) is 0 Å². The molecule has 0 aromatic heterocycles. The zero-order chi connectivity index (χ0) is 13.1. The molecule has 2 N–H and O–H groups in total. The fraction of sp³-hybridized carbons (Fsp3) is 0.929. The summed E-state index contributed by atoms with van der Waals surface area (Å²) in [6, 6.07) is 0.000171. The highest BCUT2D eigenvalue weighted by Gasteiger charge is 2.53. The first-order valence-electron chi connectivity index (χ1n) is 7.60. The molecule has 3 aliphatic rings. The fourth-order valence-corrected chi connectivity index (χ4v) is 3.06. The molecule has 0 bridgehead atoms. The summed E-state index contributed by atoms with van der Waals surface area (Å²) >= 11 is 0. The SMILES string of the molecule is O=C(NCCN1CCOCC1)NCC1(C2CC2)CC1. The van der Waals surface area contributed by atoms with Crippen molar-refractivity contribution in [1.29, 1.82) is 0 Å². The summed E-state index contributed by atoms with van der Waals surface area (Å²) in [6.45, 7) is 6.11. The Hall–Kier alpha value is -0.810. The van der Waals surface area contributed by atoms with Gasteiger partial charge in [0.25, 0.3) is 0 Å². The number of ether oxygens (including phenoxy) is 1. The number of rotatable bonds is 6. The maximum atomic E-state index is 11.7. The molecule has 108 valence electrons. The molecule has 1 heterocycles. The Bertz CT molecular complexity index is 321. The Balaban J connectivity index is 1.26. The molecule has 0 radical (unpaired) electrons. The zero-order valence-corrected chi connectivity index (χ0v) is 11.6. The number of nitrogens with one attached hydrogen (secondary N) is 2. The smallest absolute Gasteiger partial charge is 0.314 e. The molecular formula is C14H25N3O2. The highest BCUT2D eigenvalue weighted by Crippen LogP contribution is 2.60. The topological polar surface area (TPSA) is 53.6 Å². The van der Waals surface area contributed by atoms with Crippen LogP contribution in [0.4, 0.5) is 4.79 Å². The average molecular weight is 267 g/mol. The molecule has 0 aromatic carbocycles. The lowest BCUT2D eigenvalue weighted by molar-refractivity contribution is 0.0387. The zero-order valence-electron chi connectivity index (χ0n) is 11.6. The first kappa shape index (κ1) is 13.2. The van der Waals surface area contributed by atoms with E-state index in [9.17, 15) is 4.79 Å². The summed E-state index contributed by atoms with van der Waals surface area (Å²) in [5, 5.41) is 6.01. The number of nitrogens with zero attached hydrogens (tertiary/aromatic N) is 1.